The summed E-state index contributed by atoms with van der Waals surface area (Å²) in [6.45, 7) is 8.71. The molecular weight excluding hydrogens is 412 g/mol. The predicted octanol–water partition coefficient (Wildman–Crippen LogP) is 7.05. The van der Waals surface area contributed by atoms with Crippen LogP contribution in [0.4, 0.5) is 0 Å². The van der Waals surface area contributed by atoms with E-state index in [9.17, 15) is 9.59 Å². The summed E-state index contributed by atoms with van der Waals surface area (Å²) in [6, 6.07) is 4.27. The lowest BCUT2D eigenvalue weighted by atomic mass is 9.55. The minimum absolute atomic E-state index is 0.00326. The van der Waals surface area contributed by atoms with Crippen molar-refractivity contribution in [1.82, 2.24) is 0 Å². The van der Waals surface area contributed by atoms with Crippen molar-refractivity contribution in [3.8, 4) is 5.75 Å². The third kappa shape index (κ3) is 4.72. The molecule has 4 nitrogen and oxygen atoms in total. The number of esters is 2. The lowest BCUT2D eigenvalue weighted by Gasteiger charge is -2.50. The van der Waals surface area contributed by atoms with Crippen LogP contribution >= 0.6 is 0 Å². The Morgan fingerprint density at radius 3 is 2.45 bits per heavy atom. The summed E-state index contributed by atoms with van der Waals surface area (Å²) in [5.74, 6) is 2.48. The summed E-state index contributed by atoms with van der Waals surface area (Å²) in [5.41, 5.74) is 4.15. The number of carbonyl (C=O) groups is 2. The van der Waals surface area contributed by atoms with E-state index >= 15 is 0 Å². The number of unbranched alkanes of at least 4 members (excludes halogenated alkanes) is 2. The highest BCUT2D eigenvalue weighted by Gasteiger charge is 2.56. The Morgan fingerprint density at radius 1 is 1.00 bits per heavy atom. The molecule has 0 saturated heterocycles. The van der Waals surface area contributed by atoms with E-state index in [2.05, 4.69) is 33.8 Å². The Labute approximate surface area is 199 Å². The van der Waals surface area contributed by atoms with Gasteiger partial charge in [0.25, 0.3) is 0 Å². The summed E-state index contributed by atoms with van der Waals surface area (Å²) in [6.07, 6.45) is 11.6. The highest BCUT2D eigenvalue weighted by molar-refractivity contribution is 5.73. The molecule has 3 aliphatic carbocycles. The lowest BCUT2D eigenvalue weighted by molar-refractivity contribution is -0.157. The maximum Gasteiger partial charge on any atom is 0.311 e. The van der Waals surface area contributed by atoms with Crippen molar-refractivity contribution in [3.63, 3.8) is 0 Å². The molecule has 3 aliphatic rings. The summed E-state index contributed by atoms with van der Waals surface area (Å²) in [4.78, 5) is 24.6. The van der Waals surface area contributed by atoms with Gasteiger partial charge in [-0.25, -0.2) is 0 Å². The smallest absolute Gasteiger partial charge is 0.311 e. The molecule has 0 radical (unpaired) electrons. The number of benzene rings is 1. The van der Waals surface area contributed by atoms with Gasteiger partial charge >= 0.3 is 11.9 Å². The minimum Gasteiger partial charge on any atom is -0.462 e. The van der Waals surface area contributed by atoms with Gasteiger partial charge < -0.3 is 9.47 Å². The second kappa shape index (κ2) is 10.2. The van der Waals surface area contributed by atoms with Gasteiger partial charge in [0.05, 0.1) is 0 Å². The number of hydrogen-bond donors (Lipinski definition) is 0. The fourth-order valence-corrected chi connectivity index (χ4v) is 7.11. The van der Waals surface area contributed by atoms with Crippen LogP contribution in [0, 0.1) is 24.2 Å². The van der Waals surface area contributed by atoms with Crippen LogP contribution in [0.15, 0.2) is 12.1 Å². The maximum absolute atomic E-state index is 12.4. The Morgan fingerprint density at radius 2 is 1.73 bits per heavy atom. The highest BCUT2D eigenvalue weighted by Crippen LogP contribution is 2.62. The molecule has 4 rings (SSSR count). The topological polar surface area (TPSA) is 52.6 Å². The third-order valence-electron chi connectivity index (χ3n) is 9.03. The van der Waals surface area contributed by atoms with E-state index in [-0.39, 0.29) is 23.5 Å². The van der Waals surface area contributed by atoms with E-state index in [1.54, 1.807) is 0 Å². The van der Waals surface area contributed by atoms with Gasteiger partial charge in [-0.2, -0.15) is 0 Å². The van der Waals surface area contributed by atoms with Crippen LogP contribution in [0.1, 0.15) is 114 Å². The Kier molecular flexibility index (Phi) is 7.50. The third-order valence-corrected chi connectivity index (χ3v) is 9.03. The first-order valence-corrected chi connectivity index (χ1v) is 13.4. The maximum atomic E-state index is 12.4. The van der Waals surface area contributed by atoms with Crippen molar-refractivity contribution in [2.45, 2.75) is 117 Å². The standard InChI is InChI=1S/C29H42O4/c1-5-7-9-27(30)32-25-15-13-21-20(19(25)3)11-12-23-22(21)17-18-29(4)24(23)14-16-26(29)33-28(31)10-8-6-2/h13,15,22-24,26H,5-12,14,16-18H2,1-4H3/t22-,23-,24+,26+,29+/m1/s1. The van der Waals surface area contributed by atoms with Crippen molar-refractivity contribution < 1.29 is 19.1 Å². The number of hydrogen-bond acceptors (Lipinski definition) is 4. The quantitative estimate of drug-likeness (QED) is 0.312. The molecule has 0 unspecified atom stereocenters. The first-order valence-electron chi connectivity index (χ1n) is 13.4. The fourth-order valence-electron chi connectivity index (χ4n) is 7.11. The first kappa shape index (κ1) is 24.3. The molecule has 5 atom stereocenters. The molecule has 0 N–H and O–H groups in total. The molecule has 0 aromatic heterocycles. The van der Waals surface area contributed by atoms with Crippen LogP contribution < -0.4 is 4.74 Å². The number of rotatable bonds is 8. The first-order chi connectivity index (χ1) is 15.9. The molecule has 4 heteroatoms. The summed E-state index contributed by atoms with van der Waals surface area (Å²) in [5, 5.41) is 0. The summed E-state index contributed by atoms with van der Waals surface area (Å²) in [7, 11) is 0. The van der Waals surface area contributed by atoms with Crippen molar-refractivity contribution in [2.75, 3.05) is 0 Å². The average molecular weight is 455 g/mol. The van der Waals surface area contributed by atoms with Crippen LogP contribution in [-0.4, -0.2) is 18.0 Å². The zero-order valence-electron chi connectivity index (χ0n) is 21.1. The largest absolute Gasteiger partial charge is 0.462 e. The molecule has 0 aliphatic heterocycles. The van der Waals surface area contributed by atoms with Crippen LogP contribution in [0.5, 0.6) is 5.75 Å². The van der Waals surface area contributed by atoms with E-state index < -0.39 is 0 Å². The number of fused-ring (bicyclic) bond motifs is 5. The second-order valence-corrected chi connectivity index (χ2v) is 11.0. The lowest BCUT2D eigenvalue weighted by Crippen LogP contribution is -2.45. The summed E-state index contributed by atoms with van der Waals surface area (Å²) >= 11 is 0. The van der Waals surface area contributed by atoms with Gasteiger partial charge in [-0.1, -0.05) is 39.7 Å². The molecule has 2 saturated carbocycles. The SMILES string of the molecule is CCCCC(=O)Oc1ccc2c(c1C)CC[C@@H]1[C@@H]2CC[C@]2(C)[C@@H](OC(=O)CCCC)CC[C@@H]12. The Hall–Kier alpha value is -1.84. The van der Waals surface area contributed by atoms with Crippen molar-refractivity contribution >= 4 is 11.9 Å². The van der Waals surface area contributed by atoms with Gasteiger partial charge in [0.15, 0.2) is 0 Å². The van der Waals surface area contributed by atoms with Gasteiger partial charge in [0.1, 0.15) is 11.9 Å². The van der Waals surface area contributed by atoms with E-state index in [0.29, 0.717) is 30.6 Å². The molecular formula is C29H42O4. The van der Waals surface area contributed by atoms with E-state index in [1.165, 1.54) is 24.0 Å². The van der Waals surface area contributed by atoms with Gasteiger partial charge in [0, 0.05) is 18.3 Å². The van der Waals surface area contributed by atoms with Crippen LogP contribution in [0.3, 0.4) is 0 Å². The highest BCUT2D eigenvalue weighted by atomic mass is 16.5. The zero-order valence-corrected chi connectivity index (χ0v) is 21.1. The molecule has 0 amide bonds. The molecule has 1 aromatic rings. The molecule has 2 fully saturated rings. The Balaban J connectivity index is 1.48. The van der Waals surface area contributed by atoms with E-state index in [1.807, 2.05) is 6.07 Å². The van der Waals surface area contributed by atoms with Gasteiger partial charge in [-0.05, 0) is 98.8 Å². The zero-order chi connectivity index (χ0) is 23.6. The van der Waals surface area contributed by atoms with E-state index in [4.69, 9.17) is 9.47 Å². The van der Waals surface area contributed by atoms with Gasteiger partial charge in [-0.3, -0.25) is 9.59 Å². The number of ether oxygens (including phenoxy) is 2. The molecule has 1 aromatic carbocycles. The number of carbonyl (C=O) groups excluding carboxylic acids is 2. The predicted molar refractivity (Wildman–Crippen MR) is 130 cm³/mol. The van der Waals surface area contributed by atoms with Crippen molar-refractivity contribution in [2.24, 2.45) is 17.3 Å². The molecule has 33 heavy (non-hydrogen) atoms. The average Bonchev–Trinajstić information content (AvgIpc) is 3.14. The Bertz CT molecular complexity index is 875. The van der Waals surface area contributed by atoms with E-state index in [0.717, 1.165) is 62.7 Å². The molecule has 0 heterocycles. The van der Waals surface area contributed by atoms with Gasteiger partial charge in [0.2, 0.25) is 0 Å². The molecule has 0 bridgehead atoms. The summed E-state index contributed by atoms with van der Waals surface area (Å²) < 4.78 is 11.8. The molecule has 0 spiro atoms. The second-order valence-electron chi connectivity index (χ2n) is 11.0. The van der Waals surface area contributed by atoms with Crippen LogP contribution in [0.2, 0.25) is 0 Å². The van der Waals surface area contributed by atoms with Crippen LogP contribution in [0.25, 0.3) is 0 Å². The van der Waals surface area contributed by atoms with Crippen LogP contribution in [-0.2, 0) is 20.7 Å². The van der Waals surface area contributed by atoms with Gasteiger partial charge in [-0.15, -0.1) is 0 Å². The molecule has 182 valence electrons. The monoisotopic (exact) mass is 454 g/mol. The van der Waals surface area contributed by atoms with Crippen molar-refractivity contribution in [1.29, 1.82) is 0 Å². The fraction of sp³-hybridized carbons (Fsp3) is 0.724. The minimum atomic E-state index is -0.118. The normalized spacial score (nSPS) is 30.2. The van der Waals surface area contributed by atoms with Crippen molar-refractivity contribution in [3.05, 3.63) is 28.8 Å².